The van der Waals surface area contributed by atoms with E-state index in [1.54, 1.807) is 10.9 Å². The van der Waals surface area contributed by atoms with E-state index in [0.717, 1.165) is 36.2 Å². The first-order valence-corrected chi connectivity index (χ1v) is 6.89. The summed E-state index contributed by atoms with van der Waals surface area (Å²) in [6.07, 6.45) is -0.285. The third-order valence-electron chi connectivity index (χ3n) is 3.66. The number of nitrogens with one attached hydrogen (secondary N) is 1. The molecule has 3 rings (SSSR count). The van der Waals surface area contributed by atoms with Gasteiger partial charge in [0.1, 0.15) is 0 Å². The summed E-state index contributed by atoms with van der Waals surface area (Å²) >= 11 is 0. The monoisotopic (exact) mass is 295 g/mol. The smallest absolute Gasteiger partial charge is 0.316 e. The molecule has 1 aliphatic carbocycles. The highest BCUT2D eigenvalue weighted by Gasteiger charge is 2.32. The van der Waals surface area contributed by atoms with E-state index in [2.05, 4.69) is 10.4 Å². The number of rotatable bonds is 4. The Morgan fingerprint density at radius 1 is 1.24 bits per heavy atom. The summed E-state index contributed by atoms with van der Waals surface area (Å²) in [5, 5.41) is 7.45. The molecule has 6 heteroatoms. The molecule has 1 aromatic carbocycles. The van der Waals surface area contributed by atoms with Gasteiger partial charge in [0.25, 0.3) is 0 Å². The van der Waals surface area contributed by atoms with Crippen LogP contribution in [0.5, 0.6) is 0 Å². The van der Waals surface area contributed by atoms with E-state index in [0.29, 0.717) is 18.2 Å². The molecule has 1 aromatic heterocycles. The minimum atomic E-state index is -4.31. The van der Waals surface area contributed by atoms with Crippen molar-refractivity contribution in [1.29, 1.82) is 0 Å². The standard InChI is InChI=1S/C15H16F3N3/c1-19-8-11-9-20-21(14(11)10-2-3-10)13-6-4-12(5-7-13)15(16,17)18/h4-7,9-10,19H,2-3,8H2,1H3. The van der Waals surface area contributed by atoms with Gasteiger partial charge in [-0.3, -0.25) is 0 Å². The lowest BCUT2D eigenvalue weighted by atomic mass is 10.1. The van der Waals surface area contributed by atoms with Gasteiger partial charge in [-0.25, -0.2) is 4.68 Å². The van der Waals surface area contributed by atoms with Gasteiger partial charge < -0.3 is 5.32 Å². The molecule has 3 nitrogen and oxygen atoms in total. The molecule has 2 aromatic rings. The molecular weight excluding hydrogens is 279 g/mol. The second-order valence-corrected chi connectivity index (χ2v) is 5.32. The lowest BCUT2D eigenvalue weighted by Gasteiger charge is -2.11. The van der Waals surface area contributed by atoms with Crippen LogP contribution in [0.3, 0.4) is 0 Å². The molecule has 0 saturated heterocycles. The summed E-state index contributed by atoms with van der Waals surface area (Å²) in [7, 11) is 1.87. The summed E-state index contributed by atoms with van der Waals surface area (Å²) < 4.78 is 39.6. The van der Waals surface area contributed by atoms with Crippen LogP contribution in [0.25, 0.3) is 5.69 Å². The first kappa shape index (κ1) is 14.1. The van der Waals surface area contributed by atoms with Crippen molar-refractivity contribution in [2.24, 2.45) is 0 Å². The Morgan fingerprint density at radius 3 is 2.43 bits per heavy atom. The number of benzene rings is 1. The third kappa shape index (κ3) is 2.81. The molecule has 0 unspecified atom stereocenters. The van der Waals surface area contributed by atoms with E-state index < -0.39 is 11.7 Å². The summed E-state index contributed by atoms with van der Waals surface area (Å²) in [4.78, 5) is 0. The number of hydrogen-bond acceptors (Lipinski definition) is 2. The molecule has 21 heavy (non-hydrogen) atoms. The Kier molecular flexibility index (Phi) is 3.49. The molecule has 0 radical (unpaired) electrons. The van der Waals surface area contributed by atoms with E-state index in [1.165, 1.54) is 12.1 Å². The number of halogens is 3. The number of hydrogen-bond donors (Lipinski definition) is 1. The Labute approximate surface area is 120 Å². The highest BCUT2D eigenvalue weighted by molar-refractivity contribution is 5.40. The minimum Gasteiger partial charge on any atom is -0.316 e. The van der Waals surface area contributed by atoms with Gasteiger partial charge in [-0.05, 0) is 44.2 Å². The Hall–Kier alpha value is -1.82. The van der Waals surface area contributed by atoms with Gasteiger partial charge in [0.05, 0.1) is 23.1 Å². The van der Waals surface area contributed by atoms with E-state index in [1.807, 2.05) is 7.05 Å². The Morgan fingerprint density at radius 2 is 1.90 bits per heavy atom. The lowest BCUT2D eigenvalue weighted by molar-refractivity contribution is -0.137. The molecule has 1 heterocycles. The van der Waals surface area contributed by atoms with Crippen molar-refractivity contribution in [3.8, 4) is 5.69 Å². The molecule has 1 N–H and O–H groups in total. The zero-order valence-electron chi connectivity index (χ0n) is 11.6. The van der Waals surface area contributed by atoms with Gasteiger partial charge in [0, 0.05) is 18.0 Å². The van der Waals surface area contributed by atoms with Gasteiger partial charge in [-0.15, -0.1) is 0 Å². The Bertz CT molecular complexity index is 625. The van der Waals surface area contributed by atoms with E-state index in [9.17, 15) is 13.2 Å². The van der Waals surface area contributed by atoms with Crippen molar-refractivity contribution in [2.75, 3.05) is 7.05 Å². The minimum absolute atomic E-state index is 0.471. The van der Waals surface area contributed by atoms with Gasteiger partial charge in [-0.2, -0.15) is 18.3 Å². The van der Waals surface area contributed by atoms with Crippen molar-refractivity contribution in [1.82, 2.24) is 15.1 Å². The molecule has 1 fully saturated rings. The first-order chi connectivity index (χ1) is 10.0. The average Bonchev–Trinajstić information content (AvgIpc) is 3.20. The average molecular weight is 295 g/mol. The molecule has 0 amide bonds. The summed E-state index contributed by atoms with van der Waals surface area (Å²) in [6.45, 7) is 0.715. The first-order valence-electron chi connectivity index (χ1n) is 6.89. The number of alkyl halides is 3. The van der Waals surface area contributed by atoms with Crippen LogP contribution in [0, 0.1) is 0 Å². The van der Waals surface area contributed by atoms with Gasteiger partial charge in [-0.1, -0.05) is 0 Å². The molecule has 1 aliphatic rings. The third-order valence-corrected chi connectivity index (χ3v) is 3.66. The van der Waals surface area contributed by atoms with Crippen LogP contribution in [0.2, 0.25) is 0 Å². The fraction of sp³-hybridized carbons (Fsp3) is 0.400. The topological polar surface area (TPSA) is 29.9 Å². The highest BCUT2D eigenvalue weighted by Crippen LogP contribution is 2.42. The van der Waals surface area contributed by atoms with Crippen LogP contribution in [0.1, 0.15) is 35.6 Å². The summed E-state index contributed by atoms with van der Waals surface area (Å²) in [6, 6.07) is 5.16. The second kappa shape index (κ2) is 5.18. The number of nitrogens with zero attached hydrogens (tertiary/aromatic N) is 2. The van der Waals surface area contributed by atoms with Crippen molar-refractivity contribution in [2.45, 2.75) is 31.5 Å². The van der Waals surface area contributed by atoms with Crippen LogP contribution >= 0.6 is 0 Å². The predicted octanol–water partition coefficient (Wildman–Crippen LogP) is 3.49. The maximum absolute atomic E-state index is 12.6. The van der Waals surface area contributed by atoms with Crippen LogP contribution in [0.15, 0.2) is 30.5 Å². The Balaban J connectivity index is 1.97. The maximum atomic E-state index is 12.6. The van der Waals surface area contributed by atoms with E-state index in [4.69, 9.17) is 0 Å². The fourth-order valence-electron chi connectivity index (χ4n) is 2.51. The quantitative estimate of drug-likeness (QED) is 0.935. The largest absolute Gasteiger partial charge is 0.416 e. The zero-order chi connectivity index (χ0) is 15.0. The fourth-order valence-corrected chi connectivity index (χ4v) is 2.51. The molecule has 112 valence electrons. The normalized spacial score (nSPS) is 15.4. The van der Waals surface area contributed by atoms with Crippen molar-refractivity contribution >= 4 is 0 Å². The molecular formula is C15H16F3N3. The lowest BCUT2D eigenvalue weighted by Crippen LogP contribution is -2.09. The SMILES string of the molecule is CNCc1cnn(-c2ccc(C(F)(F)F)cc2)c1C1CC1. The van der Waals surface area contributed by atoms with Gasteiger partial charge in [0.15, 0.2) is 0 Å². The van der Waals surface area contributed by atoms with Crippen LogP contribution in [0.4, 0.5) is 13.2 Å². The maximum Gasteiger partial charge on any atom is 0.416 e. The molecule has 0 aliphatic heterocycles. The predicted molar refractivity (Wildman–Crippen MR) is 73.3 cm³/mol. The van der Waals surface area contributed by atoms with Crippen LogP contribution in [-0.2, 0) is 12.7 Å². The van der Waals surface area contributed by atoms with Crippen molar-refractivity contribution in [3.63, 3.8) is 0 Å². The zero-order valence-corrected chi connectivity index (χ0v) is 11.6. The highest BCUT2D eigenvalue weighted by atomic mass is 19.4. The molecule has 1 saturated carbocycles. The molecule has 0 bridgehead atoms. The van der Waals surface area contributed by atoms with E-state index >= 15 is 0 Å². The van der Waals surface area contributed by atoms with Gasteiger partial charge >= 0.3 is 6.18 Å². The second-order valence-electron chi connectivity index (χ2n) is 5.32. The van der Waals surface area contributed by atoms with Crippen LogP contribution < -0.4 is 5.32 Å². The van der Waals surface area contributed by atoms with Crippen LogP contribution in [-0.4, -0.2) is 16.8 Å². The molecule has 0 atom stereocenters. The molecule has 0 spiro atoms. The number of aromatic nitrogens is 2. The van der Waals surface area contributed by atoms with E-state index in [-0.39, 0.29) is 0 Å². The van der Waals surface area contributed by atoms with Crippen molar-refractivity contribution in [3.05, 3.63) is 47.3 Å². The van der Waals surface area contributed by atoms with Crippen molar-refractivity contribution < 1.29 is 13.2 Å². The summed E-state index contributed by atoms with van der Waals surface area (Å²) in [5.41, 5.74) is 2.26. The van der Waals surface area contributed by atoms with Gasteiger partial charge in [0.2, 0.25) is 0 Å². The summed E-state index contributed by atoms with van der Waals surface area (Å²) in [5.74, 6) is 0.471.